The largest absolute Gasteiger partial charge is 0.309 e. The van der Waals surface area contributed by atoms with E-state index in [4.69, 9.17) is 0 Å². The van der Waals surface area contributed by atoms with Gasteiger partial charge in [-0.1, -0.05) is 78.9 Å². The van der Waals surface area contributed by atoms with Crippen LogP contribution in [0.15, 0.2) is 127 Å². The van der Waals surface area contributed by atoms with Crippen LogP contribution in [0.1, 0.15) is 26.3 Å². The van der Waals surface area contributed by atoms with Crippen LogP contribution < -0.4 is 0 Å². The van der Waals surface area contributed by atoms with Crippen LogP contribution in [0.4, 0.5) is 0 Å². The molecular weight excluding hydrogens is 478 g/mol. The lowest BCUT2D eigenvalue weighted by Gasteiger charge is -2.10. The van der Waals surface area contributed by atoms with E-state index in [1.54, 1.807) is 6.08 Å². The quantitative estimate of drug-likeness (QED) is 0.177. The topological polar surface area (TPSA) is 39.1 Å². The number of carbonyl (C=O) groups excluding carboxylic acids is 2. The minimum absolute atomic E-state index is 0.206. The fourth-order valence-electron chi connectivity index (χ4n) is 5.99. The van der Waals surface area contributed by atoms with Crippen LogP contribution in [-0.4, -0.2) is 16.1 Å². The Morgan fingerprint density at radius 1 is 0.487 bits per heavy atom. The van der Waals surface area contributed by atoms with E-state index in [0.29, 0.717) is 11.1 Å². The maximum Gasteiger partial charge on any atom is 0.197 e. The van der Waals surface area contributed by atoms with Gasteiger partial charge in [-0.2, -0.15) is 0 Å². The van der Waals surface area contributed by atoms with E-state index in [0.717, 1.165) is 32.8 Å². The zero-order valence-electron chi connectivity index (χ0n) is 20.9. The highest BCUT2D eigenvalue weighted by molar-refractivity contribution is 6.42. The summed E-state index contributed by atoms with van der Waals surface area (Å²) in [5.74, 6) is -0.412. The molecule has 0 unspecified atom stereocenters. The van der Waals surface area contributed by atoms with Crippen molar-refractivity contribution in [3.05, 3.63) is 144 Å². The van der Waals surface area contributed by atoms with E-state index < -0.39 is 0 Å². The second-order valence-electron chi connectivity index (χ2n) is 10.1. The lowest BCUT2D eigenvalue weighted by atomic mass is 10.0. The first-order valence-corrected chi connectivity index (χ1v) is 13.0. The number of nitrogens with zero attached hydrogens (tertiary/aromatic N) is 1. The number of ketones is 2. The Morgan fingerprint density at radius 3 is 1.64 bits per heavy atom. The molecule has 0 spiro atoms. The molecule has 7 aromatic rings. The van der Waals surface area contributed by atoms with Crippen LogP contribution >= 0.6 is 0 Å². The molecule has 0 radical (unpaired) electrons. The summed E-state index contributed by atoms with van der Waals surface area (Å²) in [6.07, 6.45) is 1.73. The van der Waals surface area contributed by atoms with E-state index in [1.807, 2.05) is 48.5 Å². The van der Waals surface area contributed by atoms with Crippen molar-refractivity contribution in [1.82, 2.24) is 4.57 Å². The Bertz CT molecular complexity index is 2100. The molecule has 0 atom stereocenters. The molecule has 1 heterocycles. The van der Waals surface area contributed by atoms with Gasteiger partial charge in [-0.15, -0.1) is 0 Å². The molecule has 0 N–H and O–H groups in total. The van der Waals surface area contributed by atoms with E-state index in [9.17, 15) is 9.59 Å². The van der Waals surface area contributed by atoms with Gasteiger partial charge >= 0.3 is 0 Å². The summed E-state index contributed by atoms with van der Waals surface area (Å²) >= 11 is 0. The lowest BCUT2D eigenvalue weighted by Crippen LogP contribution is -2.00. The number of rotatable bonds is 2. The fraction of sp³-hybridized carbons (Fsp3) is 0. The van der Waals surface area contributed by atoms with Gasteiger partial charge in [0.1, 0.15) is 0 Å². The number of fused-ring (bicyclic) bond motifs is 6. The van der Waals surface area contributed by atoms with Crippen molar-refractivity contribution in [2.75, 3.05) is 0 Å². The molecule has 0 saturated carbocycles. The summed E-state index contributed by atoms with van der Waals surface area (Å²) < 4.78 is 2.30. The number of benzene rings is 6. The van der Waals surface area contributed by atoms with Crippen LogP contribution in [0.2, 0.25) is 0 Å². The zero-order valence-corrected chi connectivity index (χ0v) is 20.9. The third-order valence-corrected chi connectivity index (χ3v) is 7.86. The van der Waals surface area contributed by atoms with Gasteiger partial charge in [0.25, 0.3) is 0 Å². The van der Waals surface area contributed by atoms with E-state index >= 15 is 0 Å². The molecule has 1 aromatic heterocycles. The third kappa shape index (κ3) is 3.23. The molecule has 182 valence electrons. The summed E-state index contributed by atoms with van der Waals surface area (Å²) in [5.41, 5.74) is 5.47. The second kappa shape index (κ2) is 8.11. The number of hydrogen-bond acceptors (Lipinski definition) is 2. The number of aromatic nitrogens is 1. The minimum Gasteiger partial charge on any atom is -0.309 e. The van der Waals surface area contributed by atoms with Crippen LogP contribution in [-0.2, 0) is 0 Å². The molecule has 0 saturated heterocycles. The Kier molecular flexibility index (Phi) is 4.53. The maximum absolute atomic E-state index is 13.2. The highest BCUT2D eigenvalue weighted by atomic mass is 16.2. The van der Waals surface area contributed by atoms with Crippen molar-refractivity contribution >= 4 is 61.0 Å². The molecule has 1 aliphatic carbocycles. The molecule has 8 rings (SSSR count). The molecule has 0 fully saturated rings. The van der Waals surface area contributed by atoms with Gasteiger partial charge in [0.2, 0.25) is 0 Å². The molecule has 0 aliphatic heterocycles. The van der Waals surface area contributed by atoms with E-state index in [2.05, 4.69) is 77.4 Å². The number of allylic oxidation sites excluding steroid dienone is 1. The van der Waals surface area contributed by atoms with Crippen molar-refractivity contribution in [3.8, 4) is 5.69 Å². The first-order valence-electron chi connectivity index (χ1n) is 13.0. The first kappa shape index (κ1) is 21.8. The van der Waals surface area contributed by atoms with Gasteiger partial charge in [0.05, 0.1) is 16.6 Å². The van der Waals surface area contributed by atoms with Crippen molar-refractivity contribution in [2.45, 2.75) is 0 Å². The summed E-state index contributed by atoms with van der Waals surface area (Å²) in [7, 11) is 0. The lowest BCUT2D eigenvalue weighted by molar-refractivity contribution is 0.0990. The molecule has 3 heteroatoms. The SMILES string of the molecule is O=C1C(=Cc2ccc3cc(-n4c5ccccc5c5ccccc54)ccc3c2)C(=O)c2cc3ccccc3cc21. The molecule has 39 heavy (non-hydrogen) atoms. The molecule has 0 amide bonds. The predicted octanol–water partition coefficient (Wildman–Crippen LogP) is 8.55. The fourth-order valence-corrected chi connectivity index (χ4v) is 5.99. The number of para-hydroxylation sites is 2. The van der Waals surface area contributed by atoms with Gasteiger partial charge < -0.3 is 4.57 Å². The van der Waals surface area contributed by atoms with Crippen LogP contribution in [0, 0.1) is 0 Å². The summed E-state index contributed by atoms with van der Waals surface area (Å²) in [6.45, 7) is 0. The average Bonchev–Trinajstić information content (AvgIpc) is 3.43. The summed E-state index contributed by atoms with van der Waals surface area (Å²) in [5, 5.41) is 6.53. The monoisotopic (exact) mass is 499 g/mol. The first-order chi connectivity index (χ1) is 19.2. The van der Waals surface area contributed by atoms with Crippen LogP contribution in [0.3, 0.4) is 0 Å². The van der Waals surface area contributed by atoms with Gasteiger partial charge in [0.15, 0.2) is 11.6 Å². The van der Waals surface area contributed by atoms with Crippen molar-refractivity contribution in [1.29, 1.82) is 0 Å². The van der Waals surface area contributed by atoms with Crippen molar-refractivity contribution in [3.63, 3.8) is 0 Å². The average molecular weight is 500 g/mol. The minimum atomic E-state index is -0.206. The standard InChI is InChI=1S/C36H21NO2/c38-35-30-20-23-7-1-2-8-24(23)21-31(30)36(39)32(35)18-22-13-14-26-19-27(16-15-25(26)17-22)37-33-11-5-3-9-28(33)29-10-4-6-12-34(29)37/h1-21H. The predicted molar refractivity (Wildman–Crippen MR) is 159 cm³/mol. The maximum atomic E-state index is 13.2. The van der Waals surface area contributed by atoms with E-state index in [-0.39, 0.29) is 17.1 Å². The number of carbonyl (C=O) groups is 2. The van der Waals surface area contributed by atoms with Gasteiger partial charge in [-0.3, -0.25) is 9.59 Å². The number of Topliss-reactive ketones (excluding diaryl/α,β-unsaturated/α-hetero) is 2. The third-order valence-electron chi connectivity index (χ3n) is 7.86. The molecular formula is C36H21NO2. The Labute approximate surface area is 224 Å². The molecule has 0 bridgehead atoms. The van der Waals surface area contributed by atoms with Gasteiger partial charge in [-0.05, 0) is 75.6 Å². The van der Waals surface area contributed by atoms with E-state index in [1.165, 1.54) is 21.8 Å². The van der Waals surface area contributed by atoms with Gasteiger partial charge in [-0.25, -0.2) is 0 Å². The second-order valence-corrected chi connectivity index (χ2v) is 10.1. The molecule has 3 nitrogen and oxygen atoms in total. The summed E-state index contributed by atoms with van der Waals surface area (Å²) in [6, 6.07) is 40.9. The van der Waals surface area contributed by atoms with Crippen molar-refractivity contribution in [2.24, 2.45) is 0 Å². The van der Waals surface area contributed by atoms with Crippen LogP contribution in [0.25, 0.3) is 55.1 Å². The normalized spacial score (nSPS) is 13.2. The molecule has 6 aromatic carbocycles. The highest BCUT2D eigenvalue weighted by Gasteiger charge is 2.33. The smallest absolute Gasteiger partial charge is 0.197 e. The van der Waals surface area contributed by atoms with Gasteiger partial charge in [0, 0.05) is 27.6 Å². The van der Waals surface area contributed by atoms with Crippen LogP contribution in [0.5, 0.6) is 0 Å². The summed E-state index contributed by atoms with van der Waals surface area (Å²) in [4.78, 5) is 26.4. The Balaban J connectivity index is 1.21. The Morgan fingerprint density at radius 2 is 1.00 bits per heavy atom. The number of hydrogen-bond donors (Lipinski definition) is 0. The highest BCUT2D eigenvalue weighted by Crippen LogP contribution is 2.34. The molecule has 1 aliphatic rings. The Hall–Kier alpha value is -5.28. The zero-order chi connectivity index (χ0) is 26.1. The van der Waals surface area contributed by atoms with Crippen molar-refractivity contribution < 1.29 is 9.59 Å².